The fraction of sp³-hybridized carbons (Fsp3) is 0.529. The molecule has 4 rings (SSSR count). The third-order valence-corrected chi connectivity index (χ3v) is 5.15. The molecule has 23 heavy (non-hydrogen) atoms. The van der Waals surface area contributed by atoms with E-state index in [1.165, 1.54) is 25.7 Å². The van der Waals surface area contributed by atoms with Gasteiger partial charge in [0, 0.05) is 23.8 Å². The summed E-state index contributed by atoms with van der Waals surface area (Å²) in [6, 6.07) is 2.44. The van der Waals surface area contributed by atoms with Gasteiger partial charge >= 0.3 is 5.97 Å². The van der Waals surface area contributed by atoms with E-state index in [9.17, 15) is 4.79 Å². The maximum Gasteiger partial charge on any atom is 0.341 e. The van der Waals surface area contributed by atoms with E-state index in [2.05, 4.69) is 15.3 Å². The van der Waals surface area contributed by atoms with E-state index in [0.29, 0.717) is 18.2 Å². The number of hydrogen-bond donors (Lipinski definition) is 2. The Bertz CT molecular complexity index is 715. The lowest BCUT2D eigenvalue weighted by atomic mass is 9.94. The average Bonchev–Trinajstić information content (AvgIpc) is 3.23. The molecule has 2 bridgehead atoms. The van der Waals surface area contributed by atoms with Gasteiger partial charge in [0.05, 0.1) is 12.3 Å². The standard InChI is InChI=1S/C17H21N3O2.ClH/c1-2-22-17(21)13-9-19-16-12(5-6-18-16)15(13)20-14-8-10-3-4-11(14)7-10;/h5-6,9-11,14H,2-4,7-8H2,1H3,(H2,18,19,20);1H/t10-,11+,14-;/m0./s1. The number of hydrogen-bond acceptors (Lipinski definition) is 4. The smallest absolute Gasteiger partial charge is 0.341 e. The largest absolute Gasteiger partial charge is 0.462 e. The number of ether oxygens (including phenoxy) is 1. The van der Waals surface area contributed by atoms with Crippen molar-refractivity contribution >= 4 is 35.1 Å². The van der Waals surface area contributed by atoms with Gasteiger partial charge in [-0.05, 0) is 44.1 Å². The van der Waals surface area contributed by atoms with Gasteiger partial charge in [-0.3, -0.25) is 0 Å². The Kier molecular flexibility index (Phi) is 4.48. The molecular formula is C17H22ClN3O2. The van der Waals surface area contributed by atoms with Crippen LogP contribution in [0.3, 0.4) is 0 Å². The molecule has 0 aromatic carbocycles. The van der Waals surface area contributed by atoms with E-state index in [1.807, 2.05) is 19.2 Å². The summed E-state index contributed by atoms with van der Waals surface area (Å²) in [5.74, 6) is 1.29. The van der Waals surface area contributed by atoms with E-state index >= 15 is 0 Å². The third kappa shape index (κ3) is 2.78. The van der Waals surface area contributed by atoms with Crippen LogP contribution < -0.4 is 5.32 Å². The molecule has 2 saturated carbocycles. The molecule has 0 saturated heterocycles. The fourth-order valence-electron chi connectivity index (χ4n) is 4.13. The number of nitrogens with zero attached hydrogens (tertiary/aromatic N) is 1. The molecule has 0 aliphatic heterocycles. The predicted octanol–water partition coefficient (Wildman–Crippen LogP) is 3.76. The number of aromatic nitrogens is 2. The highest BCUT2D eigenvalue weighted by molar-refractivity contribution is 6.04. The van der Waals surface area contributed by atoms with E-state index < -0.39 is 0 Å². The van der Waals surface area contributed by atoms with Crippen LogP contribution in [0.5, 0.6) is 0 Å². The van der Waals surface area contributed by atoms with Gasteiger partial charge in [-0.25, -0.2) is 9.78 Å². The zero-order valence-corrected chi connectivity index (χ0v) is 14.0. The maximum atomic E-state index is 12.3. The Morgan fingerprint density at radius 3 is 3.00 bits per heavy atom. The highest BCUT2D eigenvalue weighted by atomic mass is 35.5. The monoisotopic (exact) mass is 335 g/mol. The summed E-state index contributed by atoms with van der Waals surface area (Å²) >= 11 is 0. The van der Waals surface area contributed by atoms with Crippen LogP contribution in [0.25, 0.3) is 11.0 Å². The van der Waals surface area contributed by atoms with Gasteiger partial charge in [0.1, 0.15) is 11.2 Å². The lowest BCUT2D eigenvalue weighted by molar-refractivity contribution is 0.0527. The zero-order valence-electron chi connectivity index (χ0n) is 13.2. The summed E-state index contributed by atoms with van der Waals surface area (Å²) in [4.78, 5) is 19.7. The molecule has 0 unspecified atom stereocenters. The van der Waals surface area contributed by atoms with Crippen molar-refractivity contribution in [2.75, 3.05) is 11.9 Å². The minimum atomic E-state index is -0.302. The molecular weight excluding hydrogens is 314 g/mol. The van der Waals surface area contributed by atoms with Gasteiger partial charge in [-0.1, -0.05) is 6.42 Å². The molecule has 5 nitrogen and oxygen atoms in total. The second-order valence-electron chi connectivity index (χ2n) is 6.43. The van der Waals surface area contributed by atoms with Crippen molar-refractivity contribution < 1.29 is 9.53 Å². The van der Waals surface area contributed by atoms with Crippen LogP contribution in [0.4, 0.5) is 5.69 Å². The Labute approximate surface area is 141 Å². The lowest BCUT2D eigenvalue weighted by Gasteiger charge is -2.25. The Morgan fingerprint density at radius 1 is 1.43 bits per heavy atom. The number of aromatic amines is 1. The van der Waals surface area contributed by atoms with Crippen LogP contribution >= 0.6 is 12.4 Å². The van der Waals surface area contributed by atoms with E-state index in [-0.39, 0.29) is 18.4 Å². The van der Waals surface area contributed by atoms with Crippen LogP contribution in [-0.2, 0) is 4.74 Å². The van der Waals surface area contributed by atoms with Crippen molar-refractivity contribution in [1.29, 1.82) is 0 Å². The van der Waals surface area contributed by atoms with E-state index in [0.717, 1.165) is 28.6 Å². The second kappa shape index (κ2) is 6.40. The van der Waals surface area contributed by atoms with Crippen LogP contribution in [0, 0.1) is 11.8 Å². The number of nitrogens with one attached hydrogen (secondary N) is 2. The number of H-pyrrole nitrogens is 1. The first-order chi connectivity index (χ1) is 10.8. The molecule has 6 heteroatoms. The highest BCUT2D eigenvalue weighted by Crippen LogP contribution is 2.46. The van der Waals surface area contributed by atoms with Gasteiger partial charge in [0.15, 0.2) is 0 Å². The first-order valence-corrected chi connectivity index (χ1v) is 8.16. The number of rotatable bonds is 4. The van der Waals surface area contributed by atoms with Gasteiger partial charge < -0.3 is 15.0 Å². The molecule has 0 radical (unpaired) electrons. The number of esters is 1. The quantitative estimate of drug-likeness (QED) is 0.835. The fourth-order valence-corrected chi connectivity index (χ4v) is 4.13. The zero-order chi connectivity index (χ0) is 15.1. The Morgan fingerprint density at radius 2 is 2.30 bits per heavy atom. The summed E-state index contributed by atoms with van der Waals surface area (Å²) in [6.45, 7) is 2.20. The lowest BCUT2D eigenvalue weighted by Crippen LogP contribution is -2.27. The van der Waals surface area contributed by atoms with Crippen molar-refractivity contribution in [3.8, 4) is 0 Å². The number of halogens is 1. The normalized spacial score (nSPS) is 25.3. The summed E-state index contributed by atoms with van der Waals surface area (Å²) < 4.78 is 5.19. The molecule has 2 aliphatic carbocycles. The molecule has 0 amide bonds. The van der Waals surface area contributed by atoms with Crippen molar-refractivity contribution in [3.63, 3.8) is 0 Å². The van der Waals surface area contributed by atoms with Crippen molar-refractivity contribution in [2.45, 2.75) is 38.6 Å². The number of pyridine rings is 1. The highest BCUT2D eigenvalue weighted by Gasteiger charge is 2.40. The first-order valence-electron chi connectivity index (χ1n) is 8.16. The molecule has 2 fully saturated rings. The number of carbonyl (C=O) groups excluding carboxylic acids is 1. The number of anilines is 1. The van der Waals surface area contributed by atoms with E-state index in [4.69, 9.17) is 4.74 Å². The SMILES string of the molecule is CCOC(=O)c1cnc2[nH]ccc2c1N[C@H]1C[C@H]2CC[C@@H]1C2.Cl. The van der Waals surface area contributed by atoms with Crippen molar-refractivity contribution in [3.05, 3.63) is 24.0 Å². The summed E-state index contributed by atoms with van der Waals surface area (Å²) in [6.07, 6.45) is 8.68. The van der Waals surface area contributed by atoms with Crippen LogP contribution in [-0.4, -0.2) is 28.6 Å². The minimum Gasteiger partial charge on any atom is -0.462 e. The summed E-state index contributed by atoms with van der Waals surface area (Å²) in [7, 11) is 0. The van der Waals surface area contributed by atoms with Crippen molar-refractivity contribution in [2.24, 2.45) is 11.8 Å². The van der Waals surface area contributed by atoms with E-state index in [1.54, 1.807) is 6.20 Å². The van der Waals surface area contributed by atoms with Crippen LogP contribution in [0.2, 0.25) is 0 Å². The number of fused-ring (bicyclic) bond motifs is 3. The molecule has 124 valence electrons. The molecule has 2 aliphatic rings. The molecule has 0 spiro atoms. The van der Waals surface area contributed by atoms with Crippen LogP contribution in [0.1, 0.15) is 43.0 Å². The molecule has 2 aromatic heterocycles. The molecule has 2 N–H and O–H groups in total. The molecule has 3 atom stereocenters. The van der Waals surface area contributed by atoms with Gasteiger partial charge in [0.25, 0.3) is 0 Å². The number of carbonyl (C=O) groups is 1. The maximum absolute atomic E-state index is 12.3. The summed E-state index contributed by atoms with van der Waals surface area (Å²) in [5.41, 5.74) is 2.22. The third-order valence-electron chi connectivity index (χ3n) is 5.15. The van der Waals surface area contributed by atoms with Crippen LogP contribution in [0.15, 0.2) is 18.5 Å². The second-order valence-corrected chi connectivity index (χ2v) is 6.43. The topological polar surface area (TPSA) is 67.0 Å². The average molecular weight is 336 g/mol. The Hall–Kier alpha value is -1.75. The minimum absolute atomic E-state index is 0. The predicted molar refractivity (Wildman–Crippen MR) is 92.2 cm³/mol. The Balaban J connectivity index is 0.00000156. The van der Waals surface area contributed by atoms with Gasteiger partial charge in [-0.15, -0.1) is 12.4 Å². The van der Waals surface area contributed by atoms with Gasteiger partial charge in [0.2, 0.25) is 0 Å². The summed E-state index contributed by atoms with van der Waals surface area (Å²) in [5, 5.41) is 4.61. The van der Waals surface area contributed by atoms with Gasteiger partial charge in [-0.2, -0.15) is 0 Å². The first kappa shape index (κ1) is 16.1. The molecule has 2 heterocycles. The molecule has 2 aromatic rings. The van der Waals surface area contributed by atoms with Crippen molar-refractivity contribution in [1.82, 2.24) is 9.97 Å².